The third-order valence-corrected chi connectivity index (χ3v) is 5.66. The summed E-state index contributed by atoms with van der Waals surface area (Å²) in [7, 11) is 0. The fourth-order valence-corrected chi connectivity index (χ4v) is 4.12. The first-order valence-corrected chi connectivity index (χ1v) is 10.1. The topological polar surface area (TPSA) is 81.2 Å². The zero-order valence-corrected chi connectivity index (χ0v) is 16.4. The minimum atomic E-state index is -0.749. The molecule has 27 heavy (non-hydrogen) atoms. The lowest BCUT2D eigenvalue weighted by molar-refractivity contribution is -0.144. The van der Waals surface area contributed by atoms with Crippen LogP contribution in [-0.2, 0) is 14.4 Å². The number of imide groups is 2. The van der Waals surface area contributed by atoms with Crippen LogP contribution in [0, 0.1) is 11.8 Å². The summed E-state index contributed by atoms with van der Waals surface area (Å²) >= 11 is 0. The highest BCUT2D eigenvalue weighted by atomic mass is 16.2. The second kappa shape index (κ2) is 8.37. The van der Waals surface area contributed by atoms with Crippen molar-refractivity contribution >= 4 is 23.8 Å². The molecule has 2 heterocycles. The molecule has 0 radical (unpaired) electrons. The number of nitrogens with zero attached hydrogens (tertiary/aromatic N) is 4. The fourth-order valence-electron chi connectivity index (χ4n) is 4.12. The number of rotatable bonds is 5. The van der Waals surface area contributed by atoms with Gasteiger partial charge in [-0.25, -0.2) is 9.69 Å². The molecule has 0 atom stereocenters. The number of hydrogen-bond acceptors (Lipinski definition) is 5. The summed E-state index contributed by atoms with van der Waals surface area (Å²) in [5.41, 5.74) is 0. The van der Waals surface area contributed by atoms with E-state index in [1.165, 1.54) is 6.42 Å². The fraction of sp³-hybridized carbons (Fsp3) is 0.789. The first-order valence-electron chi connectivity index (χ1n) is 10.1. The standard InChI is InChI=1S/C19H30N4O4/c1-14(2)12-22-17(25)18(26)23(19(22)27)13-20-8-10-21(11-9-20)16(24)15-6-4-3-5-7-15/h14-15H,3-13H2,1-2H3. The molecular weight excluding hydrogens is 348 g/mol. The van der Waals surface area contributed by atoms with Gasteiger partial charge < -0.3 is 4.90 Å². The van der Waals surface area contributed by atoms with E-state index in [1.54, 1.807) is 0 Å². The first kappa shape index (κ1) is 19.8. The van der Waals surface area contributed by atoms with Gasteiger partial charge in [-0.2, -0.15) is 0 Å². The van der Waals surface area contributed by atoms with Crippen molar-refractivity contribution in [1.82, 2.24) is 19.6 Å². The van der Waals surface area contributed by atoms with E-state index in [0.717, 1.165) is 35.5 Å². The van der Waals surface area contributed by atoms with E-state index >= 15 is 0 Å². The van der Waals surface area contributed by atoms with E-state index in [-0.39, 0.29) is 31.0 Å². The van der Waals surface area contributed by atoms with Gasteiger partial charge in [0.1, 0.15) is 0 Å². The van der Waals surface area contributed by atoms with E-state index < -0.39 is 17.8 Å². The Morgan fingerprint density at radius 3 is 2.11 bits per heavy atom. The van der Waals surface area contributed by atoms with Crippen molar-refractivity contribution in [1.29, 1.82) is 0 Å². The zero-order chi connectivity index (χ0) is 19.6. The van der Waals surface area contributed by atoms with Crippen molar-refractivity contribution in [3.63, 3.8) is 0 Å². The van der Waals surface area contributed by atoms with Gasteiger partial charge in [0.2, 0.25) is 5.91 Å². The summed E-state index contributed by atoms with van der Waals surface area (Å²) in [5.74, 6) is -0.962. The summed E-state index contributed by atoms with van der Waals surface area (Å²) < 4.78 is 0. The average Bonchev–Trinajstić information content (AvgIpc) is 2.86. The lowest BCUT2D eigenvalue weighted by atomic mass is 9.88. The summed E-state index contributed by atoms with van der Waals surface area (Å²) in [6.07, 6.45) is 5.47. The Hall–Kier alpha value is -1.96. The SMILES string of the molecule is CC(C)CN1C(=O)C(=O)N(CN2CCN(C(=O)C3CCCCC3)CC2)C1=O. The molecule has 0 aromatic carbocycles. The van der Waals surface area contributed by atoms with E-state index in [1.807, 2.05) is 23.6 Å². The normalized spacial score (nSPS) is 23.1. The smallest absolute Gasteiger partial charge is 0.335 e. The van der Waals surface area contributed by atoms with Gasteiger partial charge in [-0.05, 0) is 18.8 Å². The average molecular weight is 378 g/mol. The second-order valence-electron chi connectivity index (χ2n) is 8.25. The van der Waals surface area contributed by atoms with Crippen LogP contribution in [0.5, 0.6) is 0 Å². The molecular formula is C19H30N4O4. The summed E-state index contributed by atoms with van der Waals surface area (Å²) in [4.78, 5) is 55.3. The van der Waals surface area contributed by atoms with Crippen molar-refractivity contribution in [2.24, 2.45) is 11.8 Å². The highest BCUT2D eigenvalue weighted by Gasteiger charge is 2.45. The minimum absolute atomic E-state index is 0.111. The number of urea groups is 1. The van der Waals surface area contributed by atoms with Crippen LogP contribution in [0.1, 0.15) is 46.0 Å². The molecule has 2 saturated heterocycles. The van der Waals surface area contributed by atoms with Gasteiger partial charge in [-0.1, -0.05) is 33.1 Å². The molecule has 0 N–H and O–H groups in total. The molecule has 8 nitrogen and oxygen atoms in total. The van der Waals surface area contributed by atoms with Gasteiger partial charge >= 0.3 is 17.8 Å². The maximum absolute atomic E-state index is 12.6. The van der Waals surface area contributed by atoms with Crippen LogP contribution in [0.2, 0.25) is 0 Å². The third-order valence-electron chi connectivity index (χ3n) is 5.66. The molecule has 150 valence electrons. The summed E-state index contributed by atoms with van der Waals surface area (Å²) in [6, 6.07) is -0.528. The molecule has 0 aromatic rings. The van der Waals surface area contributed by atoms with Crippen LogP contribution >= 0.6 is 0 Å². The number of hydrogen-bond donors (Lipinski definition) is 0. The molecule has 0 bridgehead atoms. The van der Waals surface area contributed by atoms with Crippen LogP contribution in [0.25, 0.3) is 0 Å². The quantitative estimate of drug-likeness (QED) is 0.529. The zero-order valence-electron chi connectivity index (χ0n) is 16.4. The number of piperazine rings is 1. The van der Waals surface area contributed by atoms with E-state index in [9.17, 15) is 19.2 Å². The Morgan fingerprint density at radius 1 is 0.926 bits per heavy atom. The van der Waals surface area contributed by atoms with E-state index in [2.05, 4.69) is 0 Å². The van der Waals surface area contributed by atoms with Gasteiger partial charge in [-0.3, -0.25) is 24.2 Å². The molecule has 2 aliphatic heterocycles. The number of carbonyl (C=O) groups is 4. The predicted molar refractivity (Wildman–Crippen MR) is 98.4 cm³/mol. The van der Waals surface area contributed by atoms with Gasteiger partial charge in [0.25, 0.3) is 0 Å². The molecule has 0 aromatic heterocycles. The molecule has 3 rings (SSSR count). The summed E-state index contributed by atoms with van der Waals surface area (Å²) in [5, 5.41) is 0. The highest BCUT2D eigenvalue weighted by molar-refractivity contribution is 6.44. The lowest BCUT2D eigenvalue weighted by Gasteiger charge is -2.37. The third kappa shape index (κ3) is 4.31. The van der Waals surface area contributed by atoms with Crippen LogP contribution in [0.4, 0.5) is 4.79 Å². The Balaban J connectivity index is 1.51. The second-order valence-corrected chi connectivity index (χ2v) is 8.25. The van der Waals surface area contributed by atoms with E-state index in [0.29, 0.717) is 26.2 Å². The maximum atomic E-state index is 12.6. The van der Waals surface area contributed by atoms with E-state index in [4.69, 9.17) is 0 Å². The molecule has 0 spiro atoms. The monoisotopic (exact) mass is 378 g/mol. The van der Waals surface area contributed by atoms with Crippen LogP contribution in [-0.4, -0.2) is 82.7 Å². The van der Waals surface area contributed by atoms with Crippen molar-refractivity contribution < 1.29 is 19.2 Å². The molecule has 3 fully saturated rings. The number of carbonyl (C=O) groups excluding carboxylic acids is 4. The molecule has 0 unspecified atom stereocenters. The minimum Gasteiger partial charge on any atom is -0.340 e. The predicted octanol–water partition coefficient (Wildman–Crippen LogP) is 1.12. The lowest BCUT2D eigenvalue weighted by Crippen LogP contribution is -2.53. The van der Waals surface area contributed by atoms with Crippen LogP contribution < -0.4 is 0 Å². The maximum Gasteiger partial charge on any atom is 0.335 e. The Kier molecular flexibility index (Phi) is 6.14. The van der Waals surface area contributed by atoms with Gasteiger partial charge in [-0.15, -0.1) is 0 Å². The summed E-state index contributed by atoms with van der Waals surface area (Å²) in [6.45, 7) is 6.59. The Labute approximate surface area is 160 Å². The largest absolute Gasteiger partial charge is 0.340 e. The molecule has 3 aliphatic rings. The first-order chi connectivity index (χ1) is 12.9. The molecule has 8 heteroatoms. The van der Waals surface area contributed by atoms with Crippen LogP contribution in [0.3, 0.4) is 0 Å². The van der Waals surface area contributed by atoms with Crippen molar-refractivity contribution in [3.8, 4) is 0 Å². The van der Waals surface area contributed by atoms with Gasteiger partial charge in [0.05, 0.1) is 6.67 Å². The number of amides is 5. The molecule has 1 aliphatic carbocycles. The highest BCUT2D eigenvalue weighted by Crippen LogP contribution is 2.26. The molecule has 1 saturated carbocycles. The van der Waals surface area contributed by atoms with Crippen molar-refractivity contribution in [2.75, 3.05) is 39.4 Å². The Bertz CT molecular complexity index is 607. The molecule has 5 amide bonds. The van der Waals surface area contributed by atoms with Crippen molar-refractivity contribution in [3.05, 3.63) is 0 Å². The van der Waals surface area contributed by atoms with Gasteiger partial charge in [0, 0.05) is 38.6 Å². The van der Waals surface area contributed by atoms with Crippen LogP contribution in [0.15, 0.2) is 0 Å². The van der Waals surface area contributed by atoms with Crippen molar-refractivity contribution in [2.45, 2.75) is 46.0 Å². The Morgan fingerprint density at radius 2 is 1.52 bits per heavy atom. The van der Waals surface area contributed by atoms with Gasteiger partial charge in [0.15, 0.2) is 0 Å².